The third-order valence-corrected chi connectivity index (χ3v) is 9.09. The minimum absolute atomic E-state index is 0.0453. The van der Waals surface area contributed by atoms with Crippen molar-refractivity contribution in [2.75, 3.05) is 36.0 Å². The highest BCUT2D eigenvalue weighted by Crippen LogP contribution is 2.35. The molecule has 1 atom stereocenters. The Morgan fingerprint density at radius 2 is 1.84 bits per heavy atom. The molecule has 0 saturated carbocycles. The van der Waals surface area contributed by atoms with E-state index < -0.39 is 21.3 Å². The van der Waals surface area contributed by atoms with Crippen molar-refractivity contribution in [2.24, 2.45) is 5.92 Å². The largest absolute Gasteiger partial charge is 0.419 e. The molecule has 1 unspecified atom stereocenters. The lowest BCUT2D eigenvalue weighted by atomic mass is 9.98. The van der Waals surface area contributed by atoms with Gasteiger partial charge < -0.3 is 9.80 Å². The number of hydrogen-bond acceptors (Lipinski definition) is 6. The minimum atomic E-state index is -4.49. The fourth-order valence-electron chi connectivity index (χ4n) is 4.18. The van der Waals surface area contributed by atoms with E-state index in [4.69, 9.17) is 0 Å². The molecule has 4 rings (SSSR count). The van der Waals surface area contributed by atoms with Crippen LogP contribution in [0.2, 0.25) is 0 Å². The summed E-state index contributed by atoms with van der Waals surface area (Å²) in [4.78, 5) is 27.1. The molecule has 0 aliphatic carbocycles. The third-order valence-electron chi connectivity index (χ3n) is 6.03. The van der Waals surface area contributed by atoms with Crippen LogP contribution in [0.3, 0.4) is 0 Å². The Hall–Kier alpha value is -2.14. The van der Waals surface area contributed by atoms with Crippen LogP contribution in [0.5, 0.6) is 0 Å². The summed E-state index contributed by atoms with van der Waals surface area (Å²) in [6.45, 7) is 3.24. The van der Waals surface area contributed by atoms with E-state index in [1.165, 1.54) is 0 Å². The topological polar surface area (TPSA) is 66.4 Å². The zero-order chi connectivity index (χ0) is 23.1. The number of aromatic nitrogens is 2. The average Bonchev–Trinajstić information content (AvgIpc) is 3.18. The van der Waals surface area contributed by atoms with Crippen LogP contribution in [-0.2, 0) is 20.5 Å². The van der Waals surface area contributed by atoms with Gasteiger partial charge in [0.2, 0.25) is 11.9 Å². The number of carbonyl (C=O) groups excluding carboxylic acids is 1. The lowest BCUT2D eigenvalue weighted by molar-refractivity contribution is -0.139. The lowest BCUT2D eigenvalue weighted by Crippen LogP contribution is -2.53. The first-order chi connectivity index (χ1) is 15.0. The molecule has 1 amide bonds. The number of hydrogen-bond donors (Lipinski definition) is 0. The van der Waals surface area contributed by atoms with Crippen LogP contribution in [0.15, 0.2) is 24.5 Å². The van der Waals surface area contributed by atoms with E-state index in [0.717, 1.165) is 22.1 Å². The van der Waals surface area contributed by atoms with Crippen LogP contribution < -0.4 is 4.90 Å². The molecular formula is C21H25F3N4O2S2. The van der Waals surface area contributed by atoms with E-state index in [-0.39, 0.29) is 23.8 Å². The molecule has 0 radical (unpaired) electrons. The number of piperazine rings is 1. The van der Waals surface area contributed by atoms with Crippen molar-refractivity contribution in [1.82, 2.24) is 14.9 Å². The zero-order valence-corrected chi connectivity index (χ0v) is 19.3. The first kappa shape index (κ1) is 23.0. The summed E-state index contributed by atoms with van der Waals surface area (Å²) in [5, 5.41) is 0. The standard InChI is InChI=1S/C21H25F3N4O2S2/c1-14-3-4-18(31-14)17-13-27(20-25-11-16(12-26-20)21(22,23)24)7-8-28(17)19(29)15-5-9-32(2,30)10-6-15/h3-4,11-12,15,17H,2,5-10,13H2,1H3. The van der Waals surface area contributed by atoms with Crippen LogP contribution in [-0.4, -0.2) is 62.0 Å². The second kappa shape index (κ2) is 8.66. The SMILES string of the molecule is C=S1(=O)CCC(C(=O)N2CCN(c3ncc(C(F)(F)F)cn3)CC2c2ccc(C)s2)CC1. The van der Waals surface area contributed by atoms with E-state index in [1.807, 2.05) is 28.9 Å². The summed E-state index contributed by atoms with van der Waals surface area (Å²) in [6, 6.07) is 3.74. The van der Waals surface area contributed by atoms with Gasteiger partial charge in [0.25, 0.3) is 0 Å². The molecule has 32 heavy (non-hydrogen) atoms. The summed E-state index contributed by atoms with van der Waals surface area (Å²) in [5.74, 6) is 4.80. The maximum absolute atomic E-state index is 13.4. The van der Waals surface area contributed by atoms with Gasteiger partial charge in [-0.25, -0.2) is 9.97 Å². The number of amides is 1. The number of aryl methyl sites for hydroxylation is 1. The van der Waals surface area contributed by atoms with Gasteiger partial charge in [-0.1, -0.05) is 0 Å². The Balaban J connectivity index is 1.55. The molecule has 11 heteroatoms. The number of rotatable bonds is 3. The first-order valence-corrected chi connectivity index (χ1v) is 13.3. The second-order valence-electron chi connectivity index (χ2n) is 8.36. The molecule has 2 aromatic heterocycles. The Kier molecular flexibility index (Phi) is 6.23. The molecule has 2 aliphatic heterocycles. The van der Waals surface area contributed by atoms with E-state index in [0.29, 0.717) is 44.0 Å². The fourth-order valence-corrected chi connectivity index (χ4v) is 6.79. The molecule has 0 spiro atoms. The van der Waals surface area contributed by atoms with Gasteiger partial charge in [0.1, 0.15) is 0 Å². The average molecular weight is 487 g/mol. The van der Waals surface area contributed by atoms with Gasteiger partial charge in [0.15, 0.2) is 0 Å². The highest BCUT2D eigenvalue weighted by atomic mass is 32.2. The van der Waals surface area contributed by atoms with Crippen LogP contribution in [0.25, 0.3) is 0 Å². The van der Waals surface area contributed by atoms with Gasteiger partial charge in [0, 0.05) is 59.2 Å². The van der Waals surface area contributed by atoms with Gasteiger partial charge in [0.05, 0.1) is 11.6 Å². The summed E-state index contributed by atoms with van der Waals surface area (Å²) >= 11 is 1.60. The number of nitrogens with zero attached hydrogens (tertiary/aromatic N) is 4. The maximum Gasteiger partial charge on any atom is 0.419 e. The number of anilines is 1. The Morgan fingerprint density at radius 3 is 2.41 bits per heavy atom. The smallest absolute Gasteiger partial charge is 0.337 e. The number of carbonyl (C=O) groups is 1. The molecular weight excluding hydrogens is 461 g/mol. The van der Waals surface area contributed by atoms with Crippen LogP contribution in [0, 0.1) is 12.8 Å². The molecule has 2 saturated heterocycles. The van der Waals surface area contributed by atoms with Crippen molar-refractivity contribution < 1.29 is 22.2 Å². The molecule has 6 nitrogen and oxygen atoms in total. The highest BCUT2D eigenvalue weighted by Gasteiger charge is 2.38. The van der Waals surface area contributed by atoms with Crippen molar-refractivity contribution in [2.45, 2.75) is 32.0 Å². The molecule has 4 heterocycles. The monoisotopic (exact) mass is 486 g/mol. The summed E-state index contributed by atoms with van der Waals surface area (Å²) in [7, 11) is -2.07. The summed E-state index contributed by atoms with van der Waals surface area (Å²) in [5.41, 5.74) is -0.889. The predicted molar refractivity (Wildman–Crippen MR) is 120 cm³/mol. The summed E-state index contributed by atoms with van der Waals surface area (Å²) in [6.07, 6.45) is -1.76. The number of alkyl halides is 3. The van der Waals surface area contributed by atoms with Crippen LogP contribution >= 0.6 is 11.3 Å². The predicted octanol–water partition coefficient (Wildman–Crippen LogP) is 3.38. The summed E-state index contributed by atoms with van der Waals surface area (Å²) < 4.78 is 50.8. The first-order valence-electron chi connectivity index (χ1n) is 10.4. The Bertz CT molecular complexity index is 1070. The van der Waals surface area contributed by atoms with Crippen molar-refractivity contribution in [3.63, 3.8) is 0 Å². The Morgan fingerprint density at radius 1 is 1.19 bits per heavy atom. The molecule has 0 N–H and O–H groups in total. The molecule has 0 bridgehead atoms. The maximum atomic E-state index is 13.4. The molecule has 2 fully saturated rings. The van der Waals surface area contributed by atoms with Crippen LogP contribution in [0.1, 0.15) is 34.2 Å². The van der Waals surface area contributed by atoms with Crippen molar-refractivity contribution in [3.8, 4) is 0 Å². The second-order valence-corrected chi connectivity index (χ2v) is 12.4. The van der Waals surface area contributed by atoms with Crippen molar-refractivity contribution >= 4 is 38.6 Å². The van der Waals surface area contributed by atoms with E-state index >= 15 is 0 Å². The van der Waals surface area contributed by atoms with Gasteiger partial charge in [-0.05, 0) is 47.3 Å². The molecule has 2 aliphatic rings. The van der Waals surface area contributed by atoms with Gasteiger partial charge in [-0.3, -0.25) is 9.00 Å². The van der Waals surface area contributed by atoms with E-state index in [1.54, 1.807) is 11.3 Å². The van der Waals surface area contributed by atoms with Crippen molar-refractivity contribution in [1.29, 1.82) is 0 Å². The molecule has 2 aromatic rings. The number of halogens is 3. The van der Waals surface area contributed by atoms with Gasteiger partial charge in [-0.2, -0.15) is 13.2 Å². The van der Waals surface area contributed by atoms with Gasteiger partial charge >= 0.3 is 6.18 Å². The van der Waals surface area contributed by atoms with Crippen molar-refractivity contribution in [3.05, 3.63) is 39.8 Å². The quantitative estimate of drug-likeness (QED) is 0.623. The van der Waals surface area contributed by atoms with E-state index in [9.17, 15) is 22.2 Å². The molecule has 0 aromatic carbocycles. The lowest BCUT2D eigenvalue weighted by Gasteiger charge is -2.43. The Labute approximate surface area is 189 Å². The van der Waals surface area contributed by atoms with E-state index in [2.05, 4.69) is 15.8 Å². The normalized spacial score (nSPS) is 26.9. The fraction of sp³-hybridized carbons (Fsp3) is 0.524. The molecule has 174 valence electrons. The minimum Gasteiger partial charge on any atom is -0.337 e. The van der Waals surface area contributed by atoms with Crippen LogP contribution in [0.4, 0.5) is 19.1 Å². The number of thiophene rings is 1. The highest BCUT2D eigenvalue weighted by molar-refractivity contribution is 8.00. The van der Waals surface area contributed by atoms with Gasteiger partial charge in [-0.15, -0.1) is 11.3 Å². The third kappa shape index (κ3) is 4.93. The zero-order valence-electron chi connectivity index (χ0n) is 17.7.